The lowest BCUT2D eigenvalue weighted by Crippen LogP contribution is -2.34. The Morgan fingerprint density at radius 3 is 2.37 bits per heavy atom. The minimum atomic E-state index is -0.668. The minimum Gasteiger partial charge on any atom is -0.444 e. The molecule has 1 aromatic heterocycles. The van der Waals surface area contributed by atoms with Gasteiger partial charge in [0, 0.05) is 18.9 Å². The van der Waals surface area contributed by atoms with E-state index >= 15 is 0 Å². The maximum atomic E-state index is 12.5. The van der Waals surface area contributed by atoms with E-state index in [4.69, 9.17) is 9.47 Å². The van der Waals surface area contributed by atoms with E-state index in [2.05, 4.69) is 10.3 Å². The molecule has 0 bridgehead atoms. The summed E-state index contributed by atoms with van der Waals surface area (Å²) in [5, 5.41) is 2.61. The predicted molar refractivity (Wildman–Crippen MR) is 114 cm³/mol. The lowest BCUT2D eigenvalue weighted by atomic mass is 10.0. The number of anilines is 1. The van der Waals surface area contributed by atoms with E-state index in [0.717, 1.165) is 18.4 Å². The highest BCUT2D eigenvalue weighted by Gasteiger charge is 2.25. The molecule has 30 heavy (non-hydrogen) atoms. The van der Waals surface area contributed by atoms with E-state index in [0.29, 0.717) is 30.6 Å². The summed E-state index contributed by atoms with van der Waals surface area (Å²) < 4.78 is 10.7. The number of allylic oxidation sites excluding steroid dienone is 1. The van der Waals surface area contributed by atoms with Crippen LogP contribution in [-0.2, 0) is 9.47 Å². The van der Waals surface area contributed by atoms with E-state index in [-0.39, 0.29) is 5.56 Å². The number of rotatable bonds is 3. The van der Waals surface area contributed by atoms with Crippen LogP contribution >= 0.6 is 0 Å². The Morgan fingerprint density at radius 1 is 1.10 bits per heavy atom. The van der Waals surface area contributed by atoms with Crippen molar-refractivity contribution in [2.75, 3.05) is 11.9 Å². The monoisotopic (exact) mass is 417 g/mol. The zero-order chi connectivity index (χ0) is 22.5. The number of hydrogen-bond acceptors (Lipinski definition) is 6. The van der Waals surface area contributed by atoms with E-state index in [1.165, 1.54) is 11.1 Å². The van der Waals surface area contributed by atoms with Crippen molar-refractivity contribution in [1.29, 1.82) is 0 Å². The van der Waals surface area contributed by atoms with Crippen molar-refractivity contribution in [2.45, 2.75) is 72.0 Å². The zero-order valence-electron chi connectivity index (χ0n) is 18.6. The lowest BCUT2D eigenvalue weighted by molar-refractivity contribution is 0.0336. The third kappa shape index (κ3) is 6.86. The molecule has 8 nitrogen and oxygen atoms in total. The molecule has 8 heteroatoms. The van der Waals surface area contributed by atoms with Crippen LogP contribution in [0.25, 0.3) is 5.57 Å². The van der Waals surface area contributed by atoms with Crippen molar-refractivity contribution in [1.82, 2.24) is 9.88 Å². The van der Waals surface area contributed by atoms with Gasteiger partial charge in [0.2, 0.25) is 0 Å². The van der Waals surface area contributed by atoms with E-state index in [1.54, 1.807) is 33.0 Å². The molecule has 0 saturated carbocycles. The summed E-state index contributed by atoms with van der Waals surface area (Å²) in [4.78, 5) is 42.4. The van der Waals surface area contributed by atoms with Gasteiger partial charge in [0.05, 0.1) is 16.9 Å². The summed E-state index contributed by atoms with van der Waals surface area (Å²) in [6.07, 6.45) is 5.01. The summed E-state index contributed by atoms with van der Waals surface area (Å²) in [5.41, 5.74) is 0.418. The number of carbonyl (C=O) groups is 3. The molecular formula is C22H31N3O5. The largest absolute Gasteiger partial charge is 0.444 e. The van der Waals surface area contributed by atoms with Crippen molar-refractivity contribution in [2.24, 2.45) is 0 Å². The molecule has 1 aromatic rings. The fourth-order valence-electron chi connectivity index (χ4n) is 2.93. The first-order valence-corrected chi connectivity index (χ1v) is 10.0. The number of hydrogen-bond donors (Lipinski definition) is 1. The van der Waals surface area contributed by atoms with E-state index in [1.807, 2.05) is 20.8 Å². The first-order valence-electron chi connectivity index (χ1n) is 10.0. The summed E-state index contributed by atoms with van der Waals surface area (Å²) in [6, 6.07) is 1.54. The van der Waals surface area contributed by atoms with Gasteiger partial charge in [0.25, 0.3) is 0 Å². The van der Waals surface area contributed by atoms with E-state index < -0.39 is 23.4 Å². The molecular weight excluding hydrogens is 386 g/mol. The highest BCUT2D eigenvalue weighted by Crippen LogP contribution is 2.29. The molecule has 0 atom stereocenters. The summed E-state index contributed by atoms with van der Waals surface area (Å²) >= 11 is 0. The summed E-state index contributed by atoms with van der Waals surface area (Å²) in [5.74, 6) is 0. The van der Waals surface area contributed by atoms with Crippen LogP contribution in [0.1, 0.15) is 76.9 Å². The Bertz CT molecular complexity index is 834. The van der Waals surface area contributed by atoms with Crippen LogP contribution in [0, 0.1) is 0 Å². The van der Waals surface area contributed by atoms with Gasteiger partial charge in [-0.25, -0.2) is 9.59 Å². The minimum absolute atomic E-state index is 0.237. The third-order valence-corrected chi connectivity index (χ3v) is 4.08. The second-order valence-electron chi connectivity index (χ2n) is 9.15. The molecule has 0 aliphatic carbocycles. The van der Waals surface area contributed by atoms with Crippen LogP contribution in [0.3, 0.4) is 0 Å². The summed E-state index contributed by atoms with van der Waals surface area (Å²) in [7, 11) is 0. The number of nitrogens with zero attached hydrogens (tertiary/aromatic N) is 2. The molecule has 0 radical (unpaired) electrons. The molecule has 1 N–H and O–H groups in total. The van der Waals surface area contributed by atoms with Crippen molar-refractivity contribution >= 4 is 29.7 Å². The first-order chi connectivity index (χ1) is 13.9. The Kier molecular flexibility index (Phi) is 7.23. The van der Waals surface area contributed by atoms with Gasteiger partial charge in [0.1, 0.15) is 11.2 Å². The van der Waals surface area contributed by atoms with Gasteiger partial charge in [-0.2, -0.15) is 0 Å². The van der Waals surface area contributed by atoms with Crippen LogP contribution < -0.4 is 5.32 Å². The average Bonchev–Trinajstić information content (AvgIpc) is 2.84. The van der Waals surface area contributed by atoms with Crippen molar-refractivity contribution < 1.29 is 23.9 Å². The highest BCUT2D eigenvalue weighted by atomic mass is 16.6. The normalized spacial score (nSPS) is 15.0. The van der Waals surface area contributed by atoms with Gasteiger partial charge in [-0.15, -0.1) is 0 Å². The highest BCUT2D eigenvalue weighted by molar-refractivity contribution is 5.96. The predicted octanol–water partition coefficient (Wildman–Crippen LogP) is 5.00. The van der Waals surface area contributed by atoms with Crippen molar-refractivity contribution in [3.8, 4) is 0 Å². The van der Waals surface area contributed by atoms with E-state index in [9.17, 15) is 14.4 Å². The van der Waals surface area contributed by atoms with Gasteiger partial charge < -0.3 is 9.47 Å². The first kappa shape index (κ1) is 23.4. The second-order valence-corrected chi connectivity index (χ2v) is 9.15. The number of ether oxygens (including phenoxy) is 2. The topological polar surface area (TPSA) is 97.8 Å². The molecule has 1 aliphatic rings. The summed E-state index contributed by atoms with van der Waals surface area (Å²) in [6.45, 7) is 11.2. The molecule has 1 aliphatic heterocycles. The molecule has 0 unspecified atom stereocenters. The zero-order valence-corrected chi connectivity index (χ0v) is 18.6. The molecule has 0 spiro atoms. The molecule has 2 amide bonds. The second kappa shape index (κ2) is 9.28. The van der Waals surface area contributed by atoms with Crippen LogP contribution in [0.4, 0.5) is 15.3 Å². The SMILES string of the molecule is CC(C)(C)OC(=O)Nc1ccnc(C2=CN(C(=O)OC(C)(C)C)CCCC2)c1C=O. The number of aldehydes is 1. The van der Waals surface area contributed by atoms with Crippen LogP contribution in [0.5, 0.6) is 0 Å². The lowest BCUT2D eigenvalue weighted by Gasteiger charge is -2.25. The fraction of sp³-hybridized carbons (Fsp3) is 0.545. The molecule has 0 fully saturated rings. The molecule has 2 heterocycles. The maximum absolute atomic E-state index is 12.5. The smallest absolute Gasteiger partial charge is 0.414 e. The van der Waals surface area contributed by atoms with Gasteiger partial charge >= 0.3 is 12.2 Å². The van der Waals surface area contributed by atoms with Crippen molar-refractivity contribution in [3.63, 3.8) is 0 Å². The van der Waals surface area contributed by atoms with Crippen LogP contribution in [0.2, 0.25) is 0 Å². The van der Waals surface area contributed by atoms with Crippen LogP contribution in [0.15, 0.2) is 18.5 Å². The Labute approximate surface area is 177 Å². The Morgan fingerprint density at radius 2 is 1.77 bits per heavy atom. The number of amides is 2. The Balaban J connectivity index is 2.35. The number of aromatic nitrogens is 1. The van der Waals surface area contributed by atoms with Gasteiger partial charge in [-0.05, 0) is 72.4 Å². The Hall–Kier alpha value is -2.90. The maximum Gasteiger partial charge on any atom is 0.414 e. The fourth-order valence-corrected chi connectivity index (χ4v) is 2.93. The molecule has 2 rings (SSSR count). The van der Waals surface area contributed by atoms with Gasteiger partial charge in [0.15, 0.2) is 6.29 Å². The number of carbonyl (C=O) groups excluding carboxylic acids is 3. The molecule has 0 aromatic carbocycles. The van der Waals surface area contributed by atoms with Crippen molar-refractivity contribution in [3.05, 3.63) is 29.7 Å². The van der Waals surface area contributed by atoms with Gasteiger partial charge in [-0.1, -0.05) is 0 Å². The average molecular weight is 418 g/mol. The number of nitrogens with one attached hydrogen (secondary N) is 1. The molecule has 164 valence electrons. The quantitative estimate of drug-likeness (QED) is 0.695. The third-order valence-electron chi connectivity index (χ3n) is 4.08. The van der Waals surface area contributed by atoms with Crippen LogP contribution in [-0.4, -0.2) is 46.1 Å². The standard InChI is InChI=1S/C22H31N3O5/c1-21(2,3)29-19(27)24-17-10-11-23-18(16(17)14-26)15-9-7-8-12-25(13-15)20(28)30-22(4,5)6/h10-11,13-14H,7-9,12H2,1-6H3,(H,23,24,27). The molecule has 0 saturated heterocycles. The van der Waals surface area contributed by atoms with Gasteiger partial charge in [-0.3, -0.25) is 20.0 Å². The number of pyridine rings is 1.